The fourth-order valence-corrected chi connectivity index (χ4v) is 2.89. The van der Waals surface area contributed by atoms with E-state index in [-0.39, 0.29) is 5.91 Å². The molecule has 152 valence electrons. The van der Waals surface area contributed by atoms with Gasteiger partial charge in [0.2, 0.25) is 5.91 Å². The number of esters is 1. The highest BCUT2D eigenvalue weighted by Gasteiger charge is 2.05. The van der Waals surface area contributed by atoms with Gasteiger partial charge in [0.1, 0.15) is 0 Å². The third-order valence-electron chi connectivity index (χ3n) is 4.50. The molecule has 31 heavy (non-hydrogen) atoms. The predicted octanol–water partition coefficient (Wildman–Crippen LogP) is 4.32. The number of nitrogens with zero attached hydrogens (tertiary/aromatic N) is 1. The number of rotatable bonds is 5. The van der Waals surface area contributed by atoms with Gasteiger partial charge in [0.15, 0.2) is 0 Å². The summed E-state index contributed by atoms with van der Waals surface area (Å²) < 4.78 is 4.72. The minimum absolute atomic E-state index is 0.0970. The molecule has 3 rings (SSSR count). The number of hydrogen-bond acceptors (Lipinski definition) is 4. The van der Waals surface area contributed by atoms with Crippen molar-refractivity contribution in [3.63, 3.8) is 0 Å². The standard InChI is InChI=1S/C26H20N2O3/c1-31-26(30)23-6-2-4-20(16-23)10-11-21-5-3-7-24(17-21)28-25(29)15-14-19-8-12-22(18-27)13-9-19/h2-9,12-13,16-17H,14-15H2,1H3,(H,28,29). The van der Waals surface area contributed by atoms with E-state index in [0.29, 0.717) is 35.2 Å². The topological polar surface area (TPSA) is 79.2 Å². The van der Waals surface area contributed by atoms with Crippen LogP contribution in [-0.4, -0.2) is 19.0 Å². The summed E-state index contributed by atoms with van der Waals surface area (Å²) in [6, 6.07) is 23.5. The monoisotopic (exact) mass is 408 g/mol. The van der Waals surface area contributed by atoms with E-state index in [2.05, 4.69) is 23.2 Å². The van der Waals surface area contributed by atoms with Gasteiger partial charge in [-0.05, 0) is 60.5 Å². The van der Waals surface area contributed by atoms with Gasteiger partial charge in [-0.15, -0.1) is 0 Å². The molecule has 0 saturated carbocycles. The lowest BCUT2D eigenvalue weighted by molar-refractivity contribution is -0.116. The van der Waals surface area contributed by atoms with Gasteiger partial charge in [0, 0.05) is 23.2 Å². The second-order valence-corrected chi connectivity index (χ2v) is 6.76. The Morgan fingerprint density at radius 1 is 0.903 bits per heavy atom. The lowest BCUT2D eigenvalue weighted by Crippen LogP contribution is -2.12. The van der Waals surface area contributed by atoms with Gasteiger partial charge in [-0.25, -0.2) is 4.79 Å². The van der Waals surface area contributed by atoms with E-state index < -0.39 is 5.97 Å². The summed E-state index contributed by atoms with van der Waals surface area (Å²) in [5.74, 6) is 5.57. The molecule has 0 aliphatic heterocycles. The van der Waals surface area contributed by atoms with Crippen LogP contribution < -0.4 is 5.32 Å². The predicted molar refractivity (Wildman–Crippen MR) is 118 cm³/mol. The van der Waals surface area contributed by atoms with Gasteiger partial charge in [-0.2, -0.15) is 5.26 Å². The molecule has 0 heterocycles. The summed E-state index contributed by atoms with van der Waals surface area (Å²) in [6.45, 7) is 0. The molecule has 3 aromatic rings. The van der Waals surface area contributed by atoms with Crippen LogP contribution in [0.15, 0.2) is 72.8 Å². The van der Waals surface area contributed by atoms with Crippen LogP contribution in [0.25, 0.3) is 0 Å². The van der Waals surface area contributed by atoms with Crippen molar-refractivity contribution in [2.75, 3.05) is 12.4 Å². The number of anilines is 1. The SMILES string of the molecule is COC(=O)c1cccc(C#Cc2cccc(NC(=O)CCc3ccc(C#N)cc3)c2)c1. The number of nitrogens with one attached hydrogen (secondary N) is 1. The molecule has 0 atom stereocenters. The highest BCUT2D eigenvalue weighted by molar-refractivity contribution is 5.91. The van der Waals surface area contributed by atoms with Gasteiger partial charge in [0.25, 0.3) is 0 Å². The quantitative estimate of drug-likeness (QED) is 0.504. The van der Waals surface area contributed by atoms with E-state index in [4.69, 9.17) is 10.00 Å². The third kappa shape index (κ3) is 6.32. The van der Waals surface area contributed by atoms with E-state index in [1.54, 1.807) is 36.4 Å². The molecule has 0 aromatic heterocycles. The number of methoxy groups -OCH3 is 1. The summed E-state index contributed by atoms with van der Waals surface area (Å²) in [4.78, 5) is 23.9. The summed E-state index contributed by atoms with van der Waals surface area (Å²) >= 11 is 0. The first-order valence-electron chi connectivity index (χ1n) is 9.67. The highest BCUT2D eigenvalue weighted by atomic mass is 16.5. The Labute approximate surface area is 181 Å². The van der Waals surface area contributed by atoms with Crippen molar-refractivity contribution in [2.24, 2.45) is 0 Å². The average molecular weight is 408 g/mol. The van der Waals surface area contributed by atoms with Crippen molar-refractivity contribution < 1.29 is 14.3 Å². The molecule has 0 saturated heterocycles. The summed E-state index contributed by atoms with van der Waals surface area (Å²) in [5.41, 5.74) is 4.15. The van der Waals surface area contributed by atoms with Crippen molar-refractivity contribution >= 4 is 17.6 Å². The van der Waals surface area contributed by atoms with Gasteiger partial charge < -0.3 is 10.1 Å². The number of amides is 1. The Kier molecular flexibility index (Phi) is 7.19. The molecule has 0 aliphatic carbocycles. The lowest BCUT2D eigenvalue weighted by Gasteiger charge is -2.06. The number of carbonyl (C=O) groups is 2. The molecule has 3 aromatic carbocycles. The Bertz CT molecular complexity index is 1200. The molecule has 5 nitrogen and oxygen atoms in total. The van der Waals surface area contributed by atoms with E-state index >= 15 is 0 Å². The summed E-state index contributed by atoms with van der Waals surface area (Å²) in [5, 5.41) is 11.7. The van der Waals surface area contributed by atoms with Crippen LogP contribution in [0.3, 0.4) is 0 Å². The number of aryl methyl sites for hydroxylation is 1. The summed E-state index contributed by atoms with van der Waals surface area (Å²) in [6.07, 6.45) is 0.926. The van der Waals surface area contributed by atoms with Crippen LogP contribution in [0, 0.1) is 23.2 Å². The summed E-state index contributed by atoms with van der Waals surface area (Å²) in [7, 11) is 1.34. The molecule has 0 spiro atoms. The zero-order chi connectivity index (χ0) is 22.1. The van der Waals surface area contributed by atoms with Crippen molar-refractivity contribution in [1.82, 2.24) is 0 Å². The Morgan fingerprint density at radius 3 is 2.26 bits per heavy atom. The molecule has 0 aliphatic rings. The van der Waals surface area contributed by atoms with E-state index in [1.165, 1.54) is 7.11 Å². The largest absolute Gasteiger partial charge is 0.465 e. The van der Waals surface area contributed by atoms with Crippen LogP contribution >= 0.6 is 0 Å². The molecule has 0 unspecified atom stereocenters. The first-order chi connectivity index (χ1) is 15.1. The van der Waals surface area contributed by atoms with Crippen molar-refractivity contribution in [2.45, 2.75) is 12.8 Å². The van der Waals surface area contributed by atoms with Crippen LogP contribution in [0.1, 0.15) is 39.0 Å². The first-order valence-corrected chi connectivity index (χ1v) is 9.67. The van der Waals surface area contributed by atoms with E-state index in [0.717, 1.165) is 11.1 Å². The zero-order valence-corrected chi connectivity index (χ0v) is 17.0. The van der Waals surface area contributed by atoms with E-state index in [1.807, 2.05) is 36.4 Å². The lowest BCUT2D eigenvalue weighted by atomic mass is 10.1. The fourth-order valence-electron chi connectivity index (χ4n) is 2.89. The first kappa shape index (κ1) is 21.4. The minimum Gasteiger partial charge on any atom is -0.465 e. The normalized spacial score (nSPS) is 9.68. The van der Waals surface area contributed by atoms with Crippen LogP contribution in [-0.2, 0) is 16.0 Å². The minimum atomic E-state index is -0.408. The maximum atomic E-state index is 12.3. The molecule has 0 radical (unpaired) electrons. The number of ether oxygens (including phenoxy) is 1. The molecule has 0 bridgehead atoms. The molecule has 1 amide bonds. The molecule has 1 N–H and O–H groups in total. The number of hydrogen-bond donors (Lipinski definition) is 1. The maximum absolute atomic E-state index is 12.3. The number of nitriles is 1. The third-order valence-corrected chi connectivity index (χ3v) is 4.50. The average Bonchev–Trinajstić information content (AvgIpc) is 2.81. The van der Waals surface area contributed by atoms with E-state index in [9.17, 15) is 9.59 Å². The maximum Gasteiger partial charge on any atom is 0.337 e. The van der Waals surface area contributed by atoms with Crippen molar-refractivity contribution in [1.29, 1.82) is 5.26 Å². The Morgan fingerprint density at radius 2 is 1.58 bits per heavy atom. The zero-order valence-electron chi connectivity index (χ0n) is 17.0. The molecular weight excluding hydrogens is 388 g/mol. The number of benzene rings is 3. The van der Waals surface area contributed by atoms with Gasteiger partial charge in [0.05, 0.1) is 24.3 Å². The van der Waals surface area contributed by atoms with Gasteiger partial charge >= 0.3 is 5.97 Å². The van der Waals surface area contributed by atoms with Crippen molar-refractivity contribution in [3.05, 3.63) is 101 Å². The Balaban J connectivity index is 1.61. The van der Waals surface area contributed by atoms with Gasteiger partial charge in [-0.3, -0.25) is 4.79 Å². The van der Waals surface area contributed by atoms with Crippen LogP contribution in [0.5, 0.6) is 0 Å². The second-order valence-electron chi connectivity index (χ2n) is 6.76. The molecule has 0 fully saturated rings. The smallest absolute Gasteiger partial charge is 0.337 e. The molecule has 5 heteroatoms. The number of carbonyl (C=O) groups excluding carboxylic acids is 2. The van der Waals surface area contributed by atoms with Gasteiger partial charge in [-0.1, -0.05) is 36.1 Å². The van der Waals surface area contributed by atoms with Crippen LogP contribution in [0.2, 0.25) is 0 Å². The molecular formula is C26H20N2O3. The highest BCUT2D eigenvalue weighted by Crippen LogP contribution is 2.12. The van der Waals surface area contributed by atoms with Crippen molar-refractivity contribution in [3.8, 4) is 17.9 Å². The van der Waals surface area contributed by atoms with Crippen LogP contribution in [0.4, 0.5) is 5.69 Å². The second kappa shape index (κ2) is 10.4. The Hall–Kier alpha value is -4.35. The fraction of sp³-hybridized carbons (Fsp3) is 0.115.